The molecule has 1 aromatic rings. The highest BCUT2D eigenvalue weighted by atomic mass is 79.9. The van der Waals surface area contributed by atoms with Crippen LogP contribution in [0.1, 0.15) is 18.4 Å². The lowest BCUT2D eigenvalue weighted by Crippen LogP contribution is -2.40. The van der Waals surface area contributed by atoms with Gasteiger partial charge in [-0.25, -0.2) is 0 Å². The van der Waals surface area contributed by atoms with Crippen molar-refractivity contribution < 1.29 is 14.6 Å². The number of methoxy groups -OCH3 is 1. The quantitative estimate of drug-likeness (QED) is 0.875. The first kappa shape index (κ1) is 15.1. The first-order chi connectivity index (χ1) is 9.51. The number of amides is 1. The van der Waals surface area contributed by atoms with Gasteiger partial charge >= 0.3 is 0 Å². The van der Waals surface area contributed by atoms with Gasteiger partial charge in [-0.3, -0.25) is 9.69 Å². The van der Waals surface area contributed by atoms with Crippen LogP contribution in [0.15, 0.2) is 16.6 Å². The average Bonchev–Trinajstić information content (AvgIpc) is 2.43. The zero-order valence-corrected chi connectivity index (χ0v) is 13.0. The highest BCUT2D eigenvalue weighted by molar-refractivity contribution is 9.10. The van der Waals surface area contributed by atoms with Crippen LogP contribution in [0.4, 0.5) is 0 Å². The molecule has 20 heavy (non-hydrogen) atoms. The number of phenols is 1. The Bertz CT molecular complexity index is 507. The molecule has 0 bridgehead atoms. The van der Waals surface area contributed by atoms with Gasteiger partial charge < -0.3 is 15.6 Å². The number of rotatable bonds is 4. The molecule has 0 saturated carbocycles. The predicted molar refractivity (Wildman–Crippen MR) is 79.6 cm³/mol. The van der Waals surface area contributed by atoms with E-state index in [-0.39, 0.29) is 17.6 Å². The third-order valence-electron chi connectivity index (χ3n) is 3.62. The first-order valence-corrected chi connectivity index (χ1v) is 7.37. The van der Waals surface area contributed by atoms with Crippen LogP contribution in [-0.4, -0.2) is 36.1 Å². The molecule has 0 aliphatic carbocycles. The number of ether oxygens (including phenoxy) is 1. The highest BCUT2D eigenvalue weighted by Crippen LogP contribution is 2.35. The maximum Gasteiger partial charge on any atom is 0.221 e. The maximum atomic E-state index is 11.3. The molecule has 0 unspecified atom stereocenters. The Balaban J connectivity index is 2.10. The number of carbonyl (C=O) groups excluding carboxylic acids is 1. The number of nitrogens with two attached hydrogens (primary N) is 1. The van der Waals surface area contributed by atoms with Gasteiger partial charge in [-0.05, 0) is 53.0 Å². The van der Waals surface area contributed by atoms with E-state index in [1.54, 1.807) is 0 Å². The lowest BCUT2D eigenvalue weighted by atomic mass is 9.97. The van der Waals surface area contributed by atoms with Gasteiger partial charge in [-0.15, -0.1) is 0 Å². The molecule has 1 aliphatic heterocycles. The van der Waals surface area contributed by atoms with Gasteiger partial charge in [-0.2, -0.15) is 0 Å². The third-order valence-corrected chi connectivity index (χ3v) is 4.23. The number of halogens is 1. The van der Waals surface area contributed by atoms with Crippen molar-refractivity contribution in [2.45, 2.75) is 19.4 Å². The molecule has 1 fully saturated rings. The number of benzene rings is 1. The Labute approximate surface area is 126 Å². The van der Waals surface area contributed by atoms with Gasteiger partial charge in [0.25, 0.3) is 0 Å². The van der Waals surface area contributed by atoms with Crippen LogP contribution in [0.2, 0.25) is 0 Å². The van der Waals surface area contributed by atoms with Crippen molar-refractivity contribution in [2.75, 3.05) is 20.2 Å². The molecule has 0 spiro atoms. The Morgan fingerprint density at radius 2 is 2.35 bits per heavy atom. The molecule has 1 aromatic carbocycles. The zero-order chi connectivity index (χ0) is 14.7. The molecule has 2 rings (SSSR count). The monoisotopic (exact) mass is 342 g/mol. The van der Waals surface area contributed by atoms with Crippen LogP contribution in [0.3, 0.4) is 0 Å². The van der Waals surface area contributed by atoms with E-state index in [1.165, 1.54) is 7.11 Å². The van der Waals surface area contributed by atoms with E-state index < -0.39 is 0 Å². The number of piperidine rings is 1. The minimum absolute atomic E-state index is 0.0637. The topological polar surface area (TPSA) is 75.8 Å². The van der Waals surface area contributed by atoms with Crippen LogP contribution < -0.4 is 10.5 Å². The summed E-state index contributed by atoms with van der Waals surface area (Å²) in [5.74, 6) is 0.258. The zero-order valence-electron chi connectivity index (χ0n) is 11.4. The van der Waals surface area contributed by atoms with Crippen LogP contribution in [0, 0.1) is 5.92 Å². The normalized spacial score (nSPS) is 19.8. The molecule has 1 aliphatic rings. The van der Waals surface area contributed by atoms with Gasteiger partial charge in [0, 0.05) is 13.1 Å². The maximum absolute atomic E-state index is 11.3. The fraction of sp³-hybridized carbons (Fsp3) is 0.500. The van der Waals surface area contributed by atoms with E-state index in [0.29, 0.717) is 23.3 Å². The van der Waals surface area contributed by atoms with Crippen LogP contribution in [-0.2, 0) is 11.3 Å². The molecule has 1 atom stereocenters. The van der Waals surface area contributed by atoms with E-state index in [2.05, 4.69) is 20.8 Å². The highest BCUT2D eigenvalue weighted by Gasteiger charge is 2.24. The molecule has 0 radical (unpaired) electrons. The molecule has 1 saturated heterocycles. The number of hydrogen-bond acceptors (Lipinski definition) is 4. The lowest BCUT2D eigenvalue weighted by molar-refractivity contribution is -0.123. The van der Waals surface area contributed by atoms with Gasteiger partial charge in [0.1, 0.15) is 0 Å². The van der Waals surface area contributed by atoms with Crippen molar-refractivity contribution in [1.29, 1.82) is 0 Å². The molecule has 110 valence electrons. The summed E-state index contributed by atoms with van der Waals surface area (Å²) >= 11 is 3.31. The minimum Gasteiger partial charge on any atom is -0.503 e. The second-order valence-electron chi connectivity index (χ2n) is 5.11. The summed E-state index contributed by atoms with van der Waals surface area (Å²) in [6.45, 7) is 2.35. The van der Waals surface area contributed by atoms with E-state index in [0.717, 1.165) is 24.9 Å². The molecule has 1 amide bonds. The fourth-order valence-electron chi connectivity index (χ4n) is 2.56. The molecular formula is C14H19BrN2O3. The molecule has 3 N–H and O–H groups in total. The van der Waals surface area contributed by atoms with Crippen molar-refractivity contribution in [1.82, 2.24) is 4.90 Å². The van der Waals surface area contributed by atoms with E-state index in [4.69, 9.17) is 10.5 Å². The van der Waals surface area contributed by atoms with Crippen molar-refractivity contribution in [3.05, 3.63) is 22.2 Å². The number of aromatic hydroxyl groups is 1. The van der Waals surface area contributed by atoms with Crippen LogP contribution >= 0.6 is 15.9 Å². The fourth-order valence-corrected chi connectivity index (χ4v) is 3.05. The number of likely N-dealkylation sites (tertiary alicyclic amines) is 1. The summed E-state index contributed by atoms with van der Waals surface area (Å²) in [6, 6.07) is 3.68. The Morgan fingerprint density at radius 1 is 1.60 bits per heavy atom. The Hall–Kier alpha value is -1.27. The molecule has 0 aromatic heterocycles. The third kappa shape index (κ3) is 3.43. The lowest BCUT2D eigenvalue weighted by Gasteiger charge is -2.31. The predicted octanol–water partition coefficient (Wildman–Crippen LogP) is 1.86. The summed E-state index contributed by atoms with van der Waals surface area (Å²) in [4.78, 5) is 13.5. The van der Waals surface area contributed by atoms with E-state index in [1.807, 2.05) is 12.1 Å². The standard InChI is InChI=1S/C14H19BrN2O3/c1-20-12-6-9(5-11(15)13(12)18)7-17-4-2-3-10(8-17)14(16)19/h5-6,10,18H,2-4,7-8H2,1H3,(H2,16,19)/t10-/m1/s1. The Kier molecular flexibility index (Phi) is 4.88. The van der Waals surface area contributed by atoms with Crippen LogP contribution in [0.5, 0.6) is 11.5 Å². The number of nitrogens with zero attached hydrogens (tertiary/aromatic N) is 1. The van der Waals surface area contributed by atoms with Crippen LogP contribution in [0.25, 0.3) is 0 Å². The van der Waals surface area contributed by atoms with Gasteiger partial charge in [-0.1, -0.05) is 0 Å². The second-order valence-corrected chi connectivity index (χ2v) is 5.96. The van der Waals surface area contributed by atoms with Crippen molar-refractivity contribution >= 4 is 21.8 Å². The SMILES string of the molecule is COc1cc(CN2CCC[C@@H](C(N)=O)C2)cc(Br)c1O. The molecule has 6 heteroatoms. The number of hydrogen-bond donors (Lipinski definition) is 2. The number of carbonyl (C=O) groups is 1. The summed E-state index contributed by atoms with van der Waals surface area (Å²) in [6.07, 6.45) is 1.85. The van der Waals surface area contributed by atoms with Crippen molar-refractivity contribution in [2.24, 2.45) is 11.7 Å². The largest absolute Gasteiger partial charge is 0.503 e. The Morgan fingerprint density at radius 3 is 3.00 bits per heavy atom. The average molecular weight is 343 g/mol. The minimum atomic E-state index is -0.223. The summed E-state index contributed by atoms with van der Waals surface area (Å²) in [5, 5.41) is 9.80. The first-order valence-electron chi connectivity index (χ1n) is 6.58. The van der Waals surface area contributed by atoms with E-state index in [9.17, 15) is 9.90 Å². The number of primary amides is 1. The molecule has 1 heterocycles. The van der Waals surface area contributed by atoms with Gasteiger partial charge in [0.2, 0.25) is 5.91 Å². The molecular weight excluding hydrogens is 324 g/mol. The van der Waals surface area contributed by atoms with Crippen molar-refractivity contribution in [3.8, 4) is 11.5 Å². The summed E-state index contributed by atoms with van der Waals surface area (Å²) in [5.41, 5.74) is 6.41. The molecule has 5 nitrogen and oxygen atoms in total. The van der Waals surface area contributed by atoms with Gasteiger partial charge in [0.05, 0.1) is 17.5 Å². The van der Waals surface area contributed by atoms with Crippen molar-refractivity contribution in [3.63, 3.8) is 0 Å². The number of phenolic OH excluding ortho intramolecular Hbond substituents is 1. The smallest absolute Gasteiger partial charge is 0.221 e. The second kappa shape index (κ2) is 6.45. The summed E-state index contributed by atoms with van der Waals surface area (Å²) < 4.78 is 5.75. The summed E-state index contributed by atoms with van der Waals surface area (Å²) in [7, 11) is 1.52. The van der Waals surface area contributed by atoms with Gasteiger partial charge in [0.15, 0.2) is 11.5 Å². The van der Waals surface area contributed by atoms with E-state index >= 15 is 0 Å².